The second-order valence-electron chi connectivity index (χ2n) is 3.60. The highest BCUT2D eigenvalue weighted by Gasteiger charge is 2.09. The molecule has 0 saturated heterocycles. The van der Waals surface area contributed by atoms with Crippen LogP contribution in [0, 0.1) is 0 Å². The van der Waals surface area contributed by atoms with E-state index < -0.39 is 10.8 Å². The van der Waals surface area contributed by atoms with Gasteiger partial charge in [-0.25, -0.2) is 0 Å². The summed E-state index contributed by atoms with van der Waals surface area (Å²) in [5.41, 5.74) is 7.21. The maximum atomic E-state index is 11.8. The number of nitrogen functional groups attached to an aromatic ring is 1. The molecule has 0 spiro atoms. The van der Waals surface area contributed by atoms with Crippen LogP contribution >= 0.6 is 11.6 Å². The Morgan fingerprint density at radius 2 is 2.20 bits per heavy atom. The maximum absolute atomic E-state index is 11.8. The Labute approximate surface area is 98.3 Å². The van der Waals surface area contributed by atoms with E-state index in [1.807, 2.05) is 19.9 Å². The minimum absolute atomic E-state index is 0.224. The van der Waals surface area contributed by atoms with Crippen LogP contribution in [0.5, 0.6) is 0 Å². The molecule has 1 aromatic rings. The molecule has 0 aliphatic rings. The fraction of sp³-hybridized carbons (Fsp3) is 0.455. The topological polar surface area (TPSA) is 43.1 Å². The Morgan fingerprint density at radius 3 is 2.73 bits per heavy atom. The molecular weight excluding hydrogens is 230 g/mol. The summed E-state index contributed by atoms with van der Waals surface area (Å²) in [6.07, 6.45) is 0.926. The molecule has 0 aromatic heterocycles. The average molecular weight is 246 g/mol. The third-order valence-corrected chi connectivity index (χ3v) is 4.59. The van der Waals surface area contributed by atoms with Crippen molar-refractivity contribution in [2.75, 3.05) is 5.73 Å². The van der Waals surface area contributed by atoms with E-state index in [0.717, 1.165) is 12.0 Å². The zero-order valence-electron chi connectivity index (χ0n) is 9.00. The average Bonchev–Trinajstić information content (AvgIpc) is 2.22. The summed E-state index contributed by atoms with van der Waals surface area (Å²) >= 11 is 5.81. The van der Waals surface area contributed by atoms with Gasteiger partial charge in [0.15, 0.2) is 0 Å². The van der Waals surface area contributed by atoms with Crippen LogP contribution in [-0.4, -0.2) is 9.46 Å². The molecule has 0 heterocycles. The molecule has 0 bridgehead atoms. The van der Waals surface area contributed by atoms with Gasteiger partial charge >= 0.3 is 0 Å². The molecule has 0 aliphatic heterocycles. The predicted molar refractivity (Wildman–Crippen MR) is 67.5 cm³/mol. The molecule has 1 rings (SSSR count). The summed E-state index contributed by atoms with van der Waals surface area (Å²) in [7, 11) is -0.829. The maximum Gasteiger partial charge on any atom is 0.0635 e. The molecule has 84 valence electrons. The van der Waals surface area contributed by atoms with Crippen LogP contribution in [-0.2, 0) is 16.6 Å². The first-order valence-electron chi connectivity index (χ1n) is 4.95. The Morgan fingerprint density at radius 1 is 1.53 bits per heavy atom. The molecular formula is C11H16ClNOS. The summed E-state index contributed by atoms with van der Waals surface area (Å²) in [6.45, 7) is 4.04. The molecule has 1 aromatic carbocycles. The van der Waals surface area contributed by atoms with Crippen molar-refractivity contribution in [3.05, 3.63) is 28.8 Å². The first-order chi connectivity index (χ1) is 7.04. The summed E-state index contributed by atoms with van der Waals surface area (Å²) in [6, 6.07) is 5.42. The normalized spacial score (nSPS) is 14.9. The van der Waals surface area contributed by atoms with Gasteiger partial charge in [-0.05, 0) is 24.1 Å². The Balaban J connectivity index is 2.73. The van der Waals surface area contributed by atoms with Gasteiger partial charge in [-0.1, -0.05) is 31.5 Å². The molecule has 0 aliphatic carbocycles. The Hall–Kier alpha value is -0.540. The molecule has 4 heteroatoms. The van der Waals surface area contributed by atoms with Gasteiger partial charge in [0.05, 0.1) is 10.7 Å². The van der Waals surface area contributed by atoms with E-state index in [0.29, 0.717) is 16.5 Å². The highest BCUT2D eigenvalue weighted by Crippen LogP contribution is 2.21. The summed E-state index contributed by atoms with van der Waals surface area (Å²) < 4.78 is 11.8. The predicted octanol–water partition coefficient (Wildman–Crippen LogP) is 2.97. The smallest absolute Gasteiger partial charge is 0.0635 e. The molecule has 0 saturated carbocycles. The van der Waals surface area contributed by atoms with Crippen molar-refractivity contribution in [1.82, 2.24) is 0 Å². The van der Waals surface area contributed by atoms with E-state index in [1.165, 1.54) is 0 Å². The monoisotopic (exact) mass is 245 g/mol. The minimum atomic E-state index is -0.829. The number of rotatable bonds is 4. The molecule has 0 fully saturated rings. The first-order valence-corrected chi connectivity index (χ1v) is 6.71. The van der Waals surface area contributed by atoms with E-state index in [4.69, 9.17) is 17.3 Å². The lowest BCUT2D eigenvalue weighted by Crippen LogP contribution is -2.11. The van der Waals surface area contributed by atoms with Crippen LogP contribution in [0.2, 0.25) is 5.02 Å². The van der Waals surface area contributed by atoms with Crippen molar-refractivity contribution >= 4 is 28.1 Å². The van der Waals surface area contributed by atoms with E-state index in [-0.39, 0.29) is 5.25 Å². The zero-order valence-corrected chi connectivity index (χ0v) is 10.6. The van der Waals surface area contributed by atoms with E-state index >= 15 is 0 Å². The van der Waals surface area contributed by atoms with Crippen LogP contribution < -0.4 is 5.73 Å². The highest BCUT2D eigenvalue weighted by molar-refractivity contribution is 7.84. The van der Waals surface area contributed by atoms with Crippen molar-refractivity contribution < 1.29 is 4.21 Å². The van der Waals surface area contributed by atoms with E-state index in [2.05, 4.69) is 0 Å². The molecule has 2 atom stereocenters. The second kappa shape index (κ2) is 5.52. The van der Waals surface area contributed by atoms with Crippen LogP contribution in [0.25, 0.3) is 0 Å². The fourth-order valence-corrected chi connectivity index (χ4v) is 2.46. The van der Waals surface area contributed by atoms with E-state index in [9.17, 15) is 4.21 Å². The SMILES string of the molecule is CCC(C)S(=O)Cc1ccc(Cl)c(N)c1. The highest BCUT2D eigenvalue weighted by atomic mass is 35.5. The van der Waals surface area contributed by atoms with Gasteiger partial charge in [0.1, 0.15) is 0 Å². The lowest BCUT2D eigenvalue weighted by molar-refractivity contribution is 0.669. The number of nitrogens with two attached hydrogens (primary N) is 1. The lowest BCUT2D eigenvalue weighted by atomic mass is 10.2. The van der Waals surface area contributed by atoms with Gasteiger partial charge in [-0.2, -0.15) is 0 Å². The summed E-state index contributed by atoms with van der Waals surface area (Å²) in [4.78, 5) is 0. The Kier molecular flexibility index (Phi) is 4.61. The number of hydrogen-bond acceptors (Lipinski definition) is 2. The molecule has 2 nitrogen and oxygen atoms in total. The van der Waals surface area contributed by atoms with Crippen molar-refractivity contribution in [3.8, 4) is 0 Å². The number of anilines is 1. The van der Waals surface area contributed by atoms with Crippen molar-refractivity contribution in [2.45, 2.75) is 31.3 Å². The fourth-order valence-electron chi connectivity index (χ4n) is 1.18. The van der Waals surface area contributed by atoms with Crippen molar-refractivity contribution in [2.24, 2.45) is 0 Å². The minimum Gasteiger partial charge on any atom is -0.398 e. The lowest BCUT2D eigenvalue weighted by Gasteiger charge is -2.09. The zero-order chi connectivity index (χ0) is 11.4. The number of halogens is 1. The summed E-state index contributed by atoms with van der Waals surface area (Å²) in [5, 5.41) is 0.773. The van der Waals surface area contributed by atoms with Crippen LogP contribution in [0.1, 0.15) is 25.8 Å². The van der Waals surface area contributed by atoms with Gasteiger partial charge in [0.2, 0.25) is 0 Å². The third-order valence-electron chi connectivity index (χ3n) is 2.39. The standard InChI is InChI=1S/C11H16ClNOS/c1-3-8(2)15(14)7-9-4-5-10(12)11(13)6-9/h4-6,8H,3,7,13H2,1-2H3. The molecule has 0 radical (unpaired) electrons. The quantitative estimate of drug-likeness (QED) is 0.829. The first kappa shape index (κ1) is 12.5. The van der Waals surface area contributed by atoms with Crippen molar-refractivity contribution in [3.63, 3.8) is 0 Å². The van der Waals surface area contributed by atoms with Gasteiger partial charge in [0.25, 0.3) is 0 Å². The largest absolute Gasteiger partial charge is 0.398 e. The third kappa shape index (κ3) is 3.50. The molecule has 15 heavy (non-hydrogen) atoms. The number of benzene rings is 1. The van der Waals surface area contributed by atoms with E-state index in [1.54, 1.807) is 12.1 Å². The van der Waals surface area contributed by atoms with Gasteiger partial charge in [0, 0.05) is 21.8 Å². The van der Waals surface area contributed by atoms with Gasteiger partial charge < -0.3 is 5.73 Å². The molecule has 2 unspecified atom stereocenters. The van der Waals surface area contributed by atoms with Gasteiger partial charge in [-0.3, -0.25) is 4.21 Å². The molecule has 2 N–H and O–H groups in total. The van der Waals surface area contributed by atoms with Gasteiger partial charge in [-0.15, -0.1) is 0 Å². The van der Waals surface area contributed by atoms with Crippen LogP contribution in [0.3, 0.4) is 0 Å². The van der Waals surface area contributed by atoms with Crippen LogP contribution in [0.15, 0.2) is 18.2 Å². The Bertz CT molecular complexity index is 368. The van der Waals surface area contributed by atoms with Crippen LogP contribution in [0.4, 0.5) is 5.69 Å². The summed E-state index contributed by atoms with van der Waals surface area (Å²) in [5.74, 6) is 0.552. The molecule has 0 amide bonds. The second-order valence-corrected chi connectivity index (χ2v) is 5.86. The van der Waals surface area contributed by atoms with Crippen molar-refractivity contribution in [1.29, 1.82) is 0 Å². The number of hydrogen-bond donors (Lipinski definition) is 1.